The average Bonchev–Trinajstić information content (AvgIpc) is 2.74. The molecule has 136 valence electrons. The average molecular weight is 361 g/mol. The van der Waals surface area contributed by atoms with Crippen LogP contribution < -0.4 is 5.56 Å². The smallest absolute Gasteiger partial charge is 0.272 e. The van der Waals surface area contributed by atoms with Gasteiger partial charge in [0.25, 0.3) is 11.5 Å². The number of piperidine rings is 1. The second-order valence-electron chi connectivity index (χ2n) is 6.53. The van der Waals surface area contributed by atoms with E-state index in [1.54, 1.807) is 30.7 Å². The first-order valence-electron chi connectivity index (χ1n) is 8.92. The summed E-state index contributed by atoms with van der Waals surface area (Å²) < 4.78 is 0. The molecule has 0 radical (unpaired) electrons. The summed E-state index contributed by atoms with van der Waals surface area (Å²) in [6, 6.07) is 10.5. The van der Waals surface area contributed by atoms with Gasteiger partial charge in [0.1, 0.15) is 11.5 Å². The van der Waals surface area contributed by atoms with Gasteiger partial charge in [-0.1, -0.05) is 6.07 Å². The zero-order valence-corrected chi connectivity index (χ0v) is 14.7. The number of nitrogens with zero attached hydrogens (tertiary/aromatic N) is 4. The van der Waals surface area contributed by atoms with E-state index in [1.807, 2.05) is 23.1 Å². The lowest BCUT2D eigenvalue weighted by Gasteiger charge is -2.31. The number of H-pyrrole nitrogens is 1. The summed E-state index contributed by atoms with van der Waals surface area (Å²) in [7, 11) is 0. The number of aromatic amines is 1. The van der Waals surface area contributed by atoms with Crippen LogP contribution in [0.2, 0.25) is 0 Å². The van der Waals surface area contributed by atoms with E-state index in [0.717, 1.165) is 18.4 Å². The van der Waals surface area contributed by atoms with Gasteiger partial charge in [-0.25, -0.2) is 4.98 Å². The van der Waals surface area contributed by atoms with Crippen LogP contribution in [-0.2, 0) is 0 Å². The maximum absolute atomic E-state index is 12.5. The Hall–Kier alpha value is -3.35. The van der Waals surface area contributed by atoms with E-state index in [1.165, 1.54) is 6.07 Å². The van der Waals surface area contributed by atoms with Crippen molar-refractivity contribution in [3.05, 3.63) is 76.9 Å². The first-order chi connectivity index (χ1) is 13.2. The van der Waals surface area contributed by atoms with Crippen LogP contribution in [0.4, 0.5) is 0 Å². The molecule has 1 aliphatic rings. The van der Waals surface area contributed by atoms with Gasteiger partial charge in [-0.3, -0.25) is 19.6 Å². The van der Waals surface area contributed by atoms with Crippen LogP contribution in [0.5, 0.6) is 0 Å². The van der Waals surface area contributed by atoms with Crippen molar-refractivity contribution in [2.24, 2.45) is 0 Å². The van der Waals surface area contributed by atoms with E-state index >= 15 is 0 Å². The summed E-state index contributed by atoms with van der Waals surface area (Å²) in [6.45, 7) is 1.23. The monoisotopic (exact) mass is 361 g/mol. The molecule has 0 bridgehead atoms. The van der Waals surface area contributed by atoms with E-state index in [9.17, 15) is 9.59 Å². The number of pyridine rings is 2. The fourth-order valence-corrected chi connectivity index (χ4v) is 3.35. The van der Waals surface area contributed by atoms with Crippen molar-refractivity contribution in [3.63, 3.8) is 0 Å². The Kier molecular flexibility index (Phi) is 4.74. The number of aromatic nitrogens is 4. The van der Waals surface area contributed by atoms with Gasteiger partial charge < -0.3 is 9.88 Å². The number of amides is 1. The van der Waals surface area contributed by atoms with Gasteiger partial charge in [-0.15, -0.1) is 0 Å². The fraction of sp³-hybridized carbons (Fsp3) is 0.250. The molecule has 1 aliphatic heterocycles. The molecule has 27 heavy (non-hydrogen) atoms. The highest BCUT2D eigenvalue weighted by Crippen LogP contribution is 2.27. The minimum Gasteiger partial charge on any atom is -0.337 e. The summed E-state index contributed by atoms with van der Waals surface area (Å²) in [5.41, 5.74) is 1.80. The maximum atomic E-state index is 12.5. The Morgan fingerprint density at radius 1 is 1.07 bits per heavy atom. The van der Waals surface area contributed by atoms with Crippen LogP contribution in [0.3, 0.4) is 0 Å². The molecule has 3 aromatic rings. The van der Waals surface area contributed by atoms with E-state index in [2.05, 4.69) is 19.9 Å². The normalized spacial score (nSPS) is 14.9. The van der Waals surface area contributed by atoms with Crippen molar-refractivity contribution in [1.82, 2.24) is 24.8 Å². The van der Waals surface area contributed by atoms with Gasteiger partial charge >= 0.3 is 0 Å². The molecule has 3 aromatic heterocycles. The van der Waals surface area contributed by atoms with Crippen molar-refractivity contribution in [3.8, 4) is 11.3 Å². The Morgan fingerprint density at radius 3 is 2.56 bits per heavy atom. The molecule has 1 amide bonds. The number of rotatable bonds is 3. The quantitative estimate of drug-likeness (QED) is 0.772. The Balaban J connectivity index is 1.49. The highest BCUT2D eigenvalue weighted by atomic mass is 16.2. The van der Waals surface area contributed by atoms with Gasteiger partial charge in [0, 0.05) is 49.2 Å². The van der Waals surface area contributed by atoms with Crippen molar-refractivity contribution in [2.45, 2.75) is 18.8 Å². The predicted octanol–water partition coefficient (Wildman–Crippen LogP) is 2.25. The largest absolute Gasteiger partial charge is 0.337 e. The van der Waals surface area contributed by atoms with Crippen molar-refractivity contribution < 1.29 is 4.79 Å². The number of carbonyl (C=O) groups is 1. The molecule has 0 saturated carbocycles. The molecule has 1 N–H and O–H groups in total. The van der Waals surface area contributed by atoms with Crippen LogP contribution >= 0.6 is 0 Å². The Bertz CT molecular complexity index is 980. The highest BCUT2D eigenvalue weighted by molar-refractivity contribution is 5.92. The molecule has 0 aliphatic carbocycles. The first-order valence-corrected chi connectivity index (χ1v) is 8.92. The van der Waals surface area contributed by atoms with E-state index in [-0.39, 0.29) is 17.4 Å². The van der Waals surface area contributed by atoms with Crippen LogP contribution in [0.1, 0.15) is 35.1 Å². The van der Waals surface area contributed by atoms with Crippen molar-refractivity contribution >= 4 is 5.91 Å². The molecule has 0 atom stereocenters. The molecular formula is C20H19N5O2. The third kappa shape index (κ3) is 3.76. The van der Waals surface area contributed by atoms with Crippen LogP contribution in [0, 0.1) is 0 Å². The molecule has 0 aromatic carbocycles. The molecule has 7 nitrogen and oxygen atoms in total. The predicted molar refractivity (Wildman–Crippen MR) is 100 cm³/mol. The van der Waals surface area contributed by atoms with Gasteiger partial charge in [-0.2, -0.15) is 0 Å². The minimum atomic E-state index is -0.168. The summed E-state index contributed by atoms with van der Waals surface area (Å²) in [5.74, 6) is 0.743. The zero-order chi connectivity index (χ0) is 18.6. The standard InChI is InChI=1S/C20H19N5O2/c26-18-13-17(14-4-9-21-10-5-14)23-19(24-18)15-6-11-25(12-7-15)20(27)16-3-1-2-8-22-16/h1-5,8-10,13,15H,6-7,11-12H2,(H,23,24,26). The summed E-state index contributed by atoms with van der Waals surface area (Å²) in [4.78, 5) is 42.1. The lowest BCUT2D eigenvalue weighted by Crippen LogP contribution is -2.38. The topological polar surface area (TPSA) is 91.8 Å². The van der Waals surface area contributed by atoms with Crippen LogP contribution in [0.15, 0.2) is 59.8 Å². The van der Waals surface area contributed by atoms with E-state index in [4.69, 9.17) is 0 Å². The second-order valence-corrected chi connectivity index (χ2v) is 6.53. The lowest BCUT2D eigenvalue weighted by molar-refractivity contribution is 0.0705. The van der Waals surface area contributed by atoms with Gasteiger partial charge in [0.2, 0.25) is 0 Å². The van der Waals surface area contributed by atoms with Crippen LogP contribution in [0.25, 0.3) is 11.3 Å². The number of hydrogen-bond donors (Lipinski definition) is 1. The molecule has 4 rings (SSSR count). The van der Waals surface area contributed by atoms with Crippen molar-refractivity contribution in [1.29, 1.82) is 0 Å². The molecule has 1 saturated heterocycles. The van der Waals surface area contributed by atoms with E-state index < -0.39 is 0 Å². The summed E-state index contributed by atoms with van der Waals surface area (Å²) in [5, 5.41) is 0. The Morgan fingerprint density at radius 2 is 1.85 bits per heavy atom. The SMILES string of the molecule is O=C(c1ccccn1)N1CCC(c2nc(-c3ccncc3)cc(=O)[nH]2)CC1. The number of likely N-dealkylation sites (tertiary alicyclic amines) is 1. The van der Waals surface area contributed by atoms with Gasteiger partial charge in [0.05, 0.1) is 5.69 Å². The van der Waals surface area contributed by atoms with E-state index in [0.29, 0.717) is 30.3 Å². The molecule has 7 heteroatoms. The molecule has 0 spiro atoms. The number of hydrogen-bond acceptors (Lipinski definition) is 5. The van der Waals surface area contributed by atoms with Crippen LogP contribution in [-0.4, -0.2) is 43.8 Å². The maximum Gasteiger partial charge on any atom is 0.272 e. The molecule has 4 heterocycles. The van der Waals surface area contributed by atoms with Gasteiger partial charge in [-0.05, 0) is 37.1 Å². The first kappa shape index (κ1) is 17.1. The van der Waals surface area contributed by atoms with Gasteiger partial charge in [0.15, 0.2) is 0 Å². The minimum absolute atomic E-state index is 0.0546. The number of carbonyl (C=O) groups excluding carboxylic acids is 1. The Labute approximate surface area is 156 Å². The fourth-order valence-electron chi connectivity index (χ4n) is 3.35. The lowest BCUT2D eigenvalue weighted by atomic mass is 9.95. The van der Waals surface area contributed by atoms with Crippen molar-refractivity contribution in [2.75, 3.05) is 13.1 Å². The third-order valence-corrected chi connectivity index (χ3v) is 4.79. The second kappa shape index (κ2) is 7.49. The summed E-state index contributed by atoms with van der Waals surface area (Å²) in [6.07, 6.45) is 6.49. The number of nitrogens with one attached hydrogen (secondary N) is 1. The molecular weight excluding hydrogens is 342 g/mol. The molecule has 0 unspecified atom stereocenters. The highest BCUT2D eigenvalue weighted by Gasteiger charge is 2.26. The molecule has 1 fully saturated rings. The summed E-state index contributed by atoms with van der Waals surface area (Å²) >= 11 is 0. The zero-order valence-electron chi connectivity index (χ0n) is 14.7. The third-order valence-electron chi connectivity index (χ3n) is 4.79.